The fraction of sp³-hybridized carbons (Fsp3) is 0.286. The zero-order valence-electron chi connectivity index (χ0n) is 16.1. The van der Waals surface area contributed by atoms with Crippen molar-refractivity contribution in [3.63, 3.8) is 0 Å². The number of methoxy groups -OCH3 is 1. The molecule has 0 saturated heterocycles. The SMILES string of the molecule is CCCCCC(=O)Nc1cccc(NC(=S)NC(=O)c2ccccc2OC)c1. The molecule has 2 amide bonds. The van der Waals surface area contributed by atoms with Gasteiger partial charge in [0.25, 0.3) is 5.91 Å². The second-order valence-corrected chi connectivity index (χ2v) is 6.60. The highest BCUT2D eigenvalue weighted by Crippen LogP contribution is 2.18. The molecule has 0 aromatic heterocycles. The predicted octanol–water partition coefficient (Wildman–Crippen LogP) is 4.34. The Hall–Kier alpha value is -2.93. The number of rotatable bonds is 8. The molecule has 148 valence electrons. The third-order valence-corrected chi connectivity index (χ3v) is 4.19. The lowest BCUT2D eigenvalue weighted by atomic mass is 10.2. The Bertz CT molecular complexity index is 839. The Morgan fingerprint density at radius 1 is 1.00 bits per heavy atom. The molecule has 0 spiro atoms. The number of hydrogen-bond acceptors (Lipinski definition) is 4. The van der Waals surface area contributed by atoms with E-state index in [1.165, 1.54) is 7.11 Å². The van der Waals surface area contributed by atoms with Gasteiger partial charge in [-0.15, -0.1) is 0 Å². The molecular formula is C21H25N3O3S. The van der Waals surface area contributed by atoms with E-state index in [-0.39, 0.29) is 16.9 Å². The van der Waals surface area contributed by atoms with Gasteiger partial charge in [-0.3, -0.25) is 14.9 Å². The van der Waals surface area contributed by atoms with E-state index in [2.05, 4.69) is 22.9 Å². The number of carbonyl (C=O) groups excluding carboxylic acids is 2. The van der Waals surface area contributed by atoms with Crippen LogP contribution in [0.4, 0.5) is 11.4 Å². The number of amides is 2. The van der Waals surface area contributed by atoms with Crippen LogP contribution in [-0.4, -0.2) is 24.0 Å². The molecule has 0 unspecified atom stereocenters. The minimum Gasteiger partial charge on any atom is -0.496 e. The van der Waals surface area contributed by atoms with Gasteiger partial charge in [-0.1, -0.05) is 38.0 Å². The molecule has 2 aromatic carbocycles. The second kappa shape index (κ2) is 11.0. The highest BCUT2D eigenvalue weighted by atomic mass is 32.1. The van der Waals surface area contributed by atoms with Crippen LogP contribution in [-0.2, 0) is 4.79 Å². The average Bonchev–Trinajstić information content (AvgIpc) is 2.68. The summed E-state index contributed by atoms with van der Waals surface area (Å²) < 4.78 is 5.19. The van der Waals surface area contributed by atoms with E-state index in [1.807, 2.05) is 0 Å². The number of carbonyl (C=O) groups is 2. The molecular weight excluding hydrogens is 374 g/mol. The number of benzene rings is 2. The van der Waals surface area contributed by atoms with Crippen molar-refractivity contribution in [2.45, 2.75) is 32.6 Å². The van der Waals surface area contributed by atoms with Crippen LogP contribution in [0.5, 0.6) is 5.75 Å². The molecule has 6 nitrogen and oxygen atoms in total. The maximum Gasteiger partial charge on any atom is 0.261 e. The first-order chi connectivity index (χ1) is 13.5. The van der Waals surface area contributed by atoms with Gasteiger partial charge in [0.2, 0.25) is 5.91 Å². The van der Waals surface area contributed by atoms with Crippen LogP contribution >= 0.6 is 12.2 Å². The summed E-state index contributed by atoms with van der Waals surface area (Å²) in [6.07, 6.45) is 3.48. The first kappa shape index (κ1) is 21.4. The summed E-state index contributed by atoms with van der Waals surface area (Å²) >= 11 is 5.22. The third kappa shape index (κ3) is 6.66. The Labute approximate surface area is 170 Å². The Morgan fingerprint density at radius 3 is 2.43 bits per heavy atom. The first-order valence-corrected chi connectivity index (χ1v) is 9.59. The number of ether oxygens (including phenoxy) is 1. The van der Waals surface area contributed by atoms with E-state index in [0.717, 1.165) is 19.3 Å². The Balaban J connectivity index is 1.93. The lowest BCUT2D eigenvalue weighted by Crippen LogP contribution is -2.34. The van der Waals surface area contributed by atoms with Crippen molar-refractivity contribution in [2.75, 3.05) is 17.7 Å². The quantitative estimate of drug-likeness (QED) is 0.454. The molecule has 28 heavy (non-hydrogen) atoms. The van der Waals surface area contributed by atoms with E-state index < -0.39 is 0 Å². The summed E-state index contributed by atoms with van der Waals surface area (Å²) in [6, 6.07) is 14.1. The van der Waals surface area contributed by atoms with Gasteiger partial charge in [0, 0.05) is 17.8 Å². The normalized spacial score (nSPS) is 10.1. The standard InChI is InChI=1S/C21H25N3O3S/c1-3-4-5-13-19(25)22-15-9-8-10-16(14-15)23-21(28)24-20(26)17-11-6-7-12-18(17)27-2/h6-12,14H,3-5,13H2,1-2H3,(H,22,25)(H2,23,24,26,28). The van der Waals surface area contributed by atoms with Crippen molar-refractivity contribution in [2.24, 2.45) is 0 Å². The van der Waals surface area contributed by atoms with Gasteiger partial charge in [-0.2, -0.15) is 0 Å². The van der Waals surface area contributed by atoms with Crippen molar-refractivity contribution >= 4 is 40.5 Å². The smallest absolute Gasteiger partial charge is 0.261 e. The molecule has 0 aliphatic carbocycles. The van der Waals surface area contributed by atoms with E-state index in [0.29, 0.717) is 29.1 Å². The molecule has 0 radical (unpaired) electrons. The predicted molar refractivity (Wildman–Crippen MR) is 116 cm³/mol. The maximum absolute atomic E-state index is 12.4. The van der Waals surface area contributed by atoms with E-state index in [9.17, 15) is 9.59 Å². The van der Waals surface area contributed by atoms with E-state index in [4.69, 9.17) is 17.0 Å². The van der Waals surface area contributed by atoms with Gasteiger partial charge >= 0.3 is 0 Å². The third-order valence-electron chi connectivity index (χ3n) is 3.99. The highest BCUT2D eigenvalue weighted by molar-refractivity contribution is 7.80. The lowest BCUT2D eigenvalue weighted by molar-refractivity contribution is -0.116. The van der Waals surface area contributed by atoms with Gasteiger partial charge in [-0.25, -0.2) is 0 Å². The van der Waals surface area contributed by atoms with Crippen LogP contribution in [0.2, 0.25) is 0 Å². The zero-order chi connectivity index (χ0) is 20.4. The van der Waals surface area contributed by atoms with Crippen molar-refractivity contribution in [3.05, 3.63) is 54.1 Å². The van der Waals surface area contributed by atoms with Crippen molar-refractivity contribution in [1.29, 1.82) is 0 Å². The molecule has 0 fully saturated rings. The summed E-state index contributed by atoms with van der Waals surface area (Å²) in [5.41, 5.74) is 1.73. The summed E-state index contributed by atoms with van der Waals surface area (Å²) in [6.45, 7) is 2.10. The molecule has 0 aliphatic heterocycles. The number of unbranched alkanes of at least 4 members (excludes halogenated alkanes) is 2. The topological polar surface area (TPSA) is 79.5 Å². The summed E-state index contributed by atoms with van der Waals surface area (Å²) in [5, 5.41) is 8.61. The van der Waals surface area contributed by atoms with Crippen molar-refractivity contribution in [3.8, 4) is 5.75 Å². The number of hydrogen-bond donors (Lipinski definition) is 3. The average molecular weight is 400 g/mol. The van der Waals surface area contributed by atoms with Gasteiger partial charge in [0.1, 0.15) is 5.75 Å². The molecule has 0 heterocycles. The van der Waals surface area contributed by atoms with Crippen LogP contribution in [0.15, 0.2) is 48.5 Å². The summed E-state index contributed by atoms with van der Waals surface area (Å²) in [4.78, 5) is 24.3. The Morgan fingerprint density at radius 2 is 1.71 bits per heavy atom. The van der Waals surface area contributed by atoms with E-state index in [1.54, 1.807) is 48.5 Å². The minimum absolute atomic E-state index is 0.0161. The molecule has 0 bridgehead atoms. The highest BCUT2D eigenvalue weighted by Gasteiger charge is 2.13. The fourth-order valence-corrected chi connectivity index (χ4v) is 2.81. The molecule has 0 saturated carbocycles. The fourth-order valence-electron chi connectivity index (χ4n) is 2.60. The second-order valence-electron chi connectivity index (χ2n) is 6.19. The maximum atomic E-state index is 12.4. The zero-order valence-corrected chi connectivity index (χ0v) is 16.9. The molecule has 0 aliphatic rings. The van der Waals surface area contributed by atoms with E-state index >= 15 is 0 Å². The molecule has 0 atom stereocenters. The van der Waals surface area contributed by atoms with Crippen LogP contribution in [0.25, 0.3) is 0 Å². The van der Waals surface area contributed by atoms with Crippen LogP contribution < -0.4 is 20.7 Å². The van der Waals surface area contributed by atoms with Gasteiger partial charge in [0.05, 0.1) is 12.7 Å². The Kier molecular flexibility index (Phi) is 8.42. The monoisotopic (exact) mass is 399 g/mol. The summed E-state index contributed by atoms with van der Waals surface area (Å²) in [5.74, 6) is 0.0866. The summed E-state index contributed by atoms with van der Waals surface area (Å²) in [7, 11) is 1.50. The van der Waals surface area contributed by atoms with Gasteiger partial charge < -0.3 is 15.4 Å². The van der Waals surface area contributed by atoms with Gasteiger partial charge in [0.15, 0.2) is 5.11 Å². The molecule has 3 N–H and O–H groups in total. The molecule has 2 rings (SSSR count). The number of nitrogens with one attached hydrogen (secondary N) is 3. The molecule has 2 aromatic rings. The van der Waals surface area contributed by atoms with Crippen molar-refractivity contribution in [1.82, 2.24) is 5.32 Å². The largest absolute Gasteiger partial charge is 0.496 e. The number of para-hydroxylation sites is 1. The van der Waals surface area contributed by atoms with Crippen LogP contribution in [0.1, 0.15) is 43.0 Å². The van der Waals surface area contributed by atoms with Crippen molar-refractivity contribution < 1.29 is 14.3 Å². The minimum atomic E-state index is -0.365. The first-order valence-electron chi connectivity index (χ1n) is 9.18. The number of thiocarbonyl (C=S) groups is 1. The number of anilines is 2. The van der Waals surface area contributed by atoms with Crippen LogP contribution in [0, 0.1) is 0 Å². The molecule has 7 heteroatoms. The van der Waals surface area contributed by atoms with Gasteiger partial charge in [-0.05, 0) is 49.0 Å². The van der Waals surface area contributed by atoms with Crippen LogP contribution in [0.3, 0.4) is 0 Å². The lowest BCUT2D eigenvalue weighted by Gasteiger charge is -2.12.